The lowest BCUT2D eigenvalue weighted by Gasteiger charge is -2.32. The standard InChI is InChI=1S/C31H29BClFN8O/c1-30(2,3)18-37-27-20(15-35)16-36-28-25(27)13-23(14-26(28)33)38-31(32,21-7-9-22(34)10-8-21)29-39-40-41-42(29)17-19-5-11-24(43-4)12-6-19/h5-14,16,38H,17-18H2,1-4H3,(H,36,37). The first-order valence-electron chi connectivity index (χ1n) is 13.5. The lowest BCUT2D eigenvalue weighted by molar-refractivity contribution is 0.414. The number of pyridine rings is 1. The summed E-state index contributed by atoms with van der Waals surface area (Å²) >= 11 is 6.74. The topological polar surface area (TPSA) is 114 Å². The van der Waals surface area contributed by atoms with E-state index in [-0.39, 0.29) is 11.2 Å². The molecule has 0 saturated carbocycles. The van der Waals surface area contributed by atoms with Crippen LogP contribution in [0.5, 0.6) is 5.75 Å². The molecule has 0 fully saturated rings. The molecule has 1 atom stereocenters. The first kappa shape index (κ1) is 29.8. The highest BCUT2D eigenvalue weighted by Crippen LogP contribution is 2.37. The fourth-order valence-corrected chi connectivity index (χ4v) is 4.92. The smallest absolute Gasteiger partial charge is 0.171 e. The van der Waals surface area contributed by atoms with E-state index in [0.29, 0.717) is 51.5 Å². The van der Waals surface area contributed by atoms with Crippen molar-refractivity contribution in [2.24, 2.45) is 5.41 Å². The Morgan fingerprint density at radius 3 is 2.47 bits per heavy atom. The summed E-state index contributed by atoms with van der Waals surface area (Å²) in [6.07, 6.45) is 1.51. The van der Waals surface area contributed by atoms with Gasteiger partial charge in [0, 0.05) is 23.8 Å². The van der Waals surface area contributed by atoms with Gasteiger partial charge in [0.25, 0.3) is 0 Å². The average Bonchev–Trinajstić information content (AvgIpc) is 3.45. The second-order valence-electron chi connectivity index (χ2n) is 11.4. The van der Waals surface area contributed by atoms with Crippen LogP contribution in [0.1, 0.15) is 43.3 Å². The van der Waals surface area contributed by atoms with Crippen LogP contribution in [-0.4, -0.2) is 46.7 Å². The molecule has 0 aliphatic carbocycles. The van der Waals surface area contributed by atoms with Crippen LogP contribution < -0.4 is 15.4 Å². The van der Waals surface area contributed by atoms with Crippen molar-refractivity contribution in [1.29, 1.82) is 5.26 Å². The Kier molecular flexibility index (Phi) is 8.24. The second-order valence-corrected chi connectivity index (χ2v) is 11.8. The molecule has 5 rings (SSSR count). The molecular weight excluding hydrogens is 566 g/mol. The minimum absolute atomic E-state index is 0.0576. The molecule has 0 saturated heterocycles. The number of aromatic nitrogens is 5. The summed E-state index contributed by atoms with van der Waals surface area (Å²) in [6, 6.07) is 19.0. The summed E-state index contributed by atoms with van der Waals surface area (Å²) in [5.41, 5.74) is 1.86. The summed E-state index contributed by atoms with van der Waals surface area (Å²) in [4.78, 5) is 4.44. The summed E-state index contributed by atoms with van der Waals surface area (Å²) in [5, 5.41) is 30.0. The lowest BCUT2D eigenvalue weighted by atomic mass is 9.71. The molecule has 1 unspecified atom stereocenters. The molecular formula is C31H29BClFN8O. The number of hydrogen-bond donors (Lipinski definition) is 2. The molecule has 0 aliphatic rings. The van der Waals surface area contributed by atoms with Crippen molar-refractivity contribution in [3.05, 3.63) is 100 Å². The second kappa shape index (κ2) is 11.9. The molecule has 2 radical (unpaired) electrons. The van der Waals surface area contributed by atoms with Gasteiger partial charge in [0.15, 0.2) is 5.82 Å². The first-order chi connectivity index (χ1) is 20.5. The monoisotopic (exact) mass is 594 g/mol. The van der Waals surface area contributed by atoms with Gasteiger partial charge in [-0.1, -0.05) is 56.6 Å². The lowest BCUT2D eigenvalue weighted by Crippen LogP contribution is -2.40. The number of ether oxygens (including phenoxy) is 1. The van der Waals surface area contributed by atoms with Gasteiger partial charge < -0.3 is 15.4 Å². The molecule has 0 amide bonds. The van der Waals surface area contributed by atoms with Crippen molar-refractivity contribution in [3.8, 4) is 11.8 Å². The molecule has 3 aromatic carbocycles. The van der Waals surface area contributed by atoms with Crippen molar-refractivity contribution in [1.82, 2.24) is 25.2 Å². The van der Waals surface area contributed by atoms with Crippen molar-refractivity contribution in [3.63, 3.8) is 0 Å². The molecule has 2 heterocycles. The van der Waals surface area contributed by atoms with E-state index in [2.05, 4.69) is 58.0 Å². The van der Waals surface area contributed by atoms with Gasteiger partial charge in [-0.2, -0.15) is 5.26 Å². The molecule has 2 N–H and O–H groups in total. The van der Waals surface area contributed by atoms with Gasteiger partial charge in [0.05, 0.1) is 40.9 Å². The number of rotatable bonds is 9. The molecule has 0 spiro atoms. The number of fused-ring (bicyclic) bond motifs is 1. The molecule has 9 nitrogen and oxygen atoms in total. The van der Waals surface area contributed by atoms with Crippen LogP contribution in [0, 0.1) is 22.6 Å². The average molecular weight is 595 g/mol. The van der Waals surface area contributed by atoms with Gasteiger partial charge in [-0.25, -0.2) is 9.07 Å². The number of hydrogen-bond acceptors (Lipinski definition) is 8. The summed E-state index contributed by atoms with van der Waals surface area (Å²) in [5.74, 6) is 0.587. The van der Waals surface area contributed by atoms with E-state index < -0.39 is 11.3 Å². The van der Waals surface area contributed by atoms with Gasteiger partial charge in [0.1, 0.15) is 25.5 Å². The van der Waals surface area contributed by atoms with E-state index in [1.165, 1.54) is 18.3 Å². The van der Waals surface area contributed by atoms with Crippen LogP contribution >= 0.6 is 11.6 Å². The summed E-state index contributed by atoms with van der Waals surface area (Å²) in [7, 11) is 8.73. The molecule has 5 aromatic rings. The van der Waals surface area contributed by atoms with E-state index in [0.717, 1.165) is 11.3 Å². The predicted octanol–water partition coefficient (Wildman–Crippen LogP) is 5.88. The molecule has 12 heteroatoms. The Balaban J connectivity index is 1.62. The van der Waals surface area contributed by atoms with E-state index in [1.54, 1.807) is 30.0 Å². The fourth-order valence-electron chi connectivity index (χ4n) is 4.66. The first-order valence-corrected chi connectivity index (χ1v) is 13.9. The molecule has 43 heavy (non-hydrogen) atoms. The summed E-state index contributed by atoms with van der Waals surface area (Å²) in [6.45, 7) is 7.19. The third-order valence-electron chi connectivity index (χ3n) is 6.86. The zero-order valence-electron chi connectivity index (χ0n) is 24.2. The minimum Gasteiger partial charge on any atom is -0.497 e. The zero-order valence-corrected chi connectivity index (χ0v) is 24.9. The maximum atomic E-state index is 14.0. The van der Waals surface area contributed by atoms with Gasteiger partial charge >= 0.3 is 0 Å². The maximum absolute atomic E-state index is 14.0. The number of nitrogens with one attached hydrogen (secondary N) is 2. The van der Waals surface area contributed by atoms with E-state index in [9.17, 15) is 9.65 Å². The SMILES string of the molecule is [B]C(Nc1cc(Cl)c2ncc(C#N)c(NCC(C)(C)C)c2c1)(c1ccc(F)cc1)c1nnnn1Cc1ccc(OC)cc1. The number of anilines is 2. The Morgan fingerprint density at radius 1 is 1.09 bits per heavy atom. The van der Waals surface area contributed by atoms with Crippen molar-refractivity contribution in [2.75, 3.05) is 24.3 Å². The Labute approximate surface area is 255 Å². The van der Waals surface area contributed by atoms with Crippen LogP contribution in [0.25, 0.3) is 10.9 Å². The number of nitriles is 1. The zero-order chi connectivity index (χ0) is 30.8. The van der Waals surface area contributed by atoms with Crippen LogP contribution in [0.4, 0.5) is 15.8 Å². The molecule has 0 aliphatic heterocycles. The Morgan fingerprint density at radius 2 is 1.81 bits per heavy atom. The van der Waals surface area contributed by atoms with Crippen molar-refractivity contribution in [2.45, 2.75) is 32.8 Å². The van der Waals surface area contributed by atoms with E-state index in [4.69, 9.17) is 24.2 Å². The highest BCUT2D eigenvalue weighted by molar-refractivity contribution is 6.36. The summed E-state index contributed by atoms with van der Waals surface area (Å²) < 4.78 is 20.8. The number of benzene rings is 3. The number of nitrogens with zero attached hydrogens (tertiary/aromatic N) is 6. The fraction of sp³-hybridized carbons (Fsp3) is 0.258. The minimum atomic E-state index is -1.53. The van der Waals surface area contributed by atoms with Crippen molar-refractivity contribution < 1.29 is 9.13 Å². The maximum Gasteiger partial charge on any atom is 0.171 e. The van der Waals surface area contributed by atoms with Crippen molar-refractivity contribution >= 4 is 41.7 Å². The Bertz CT molecular complexity index is 1800. The number of tetrazole rings is 1. The van der Waals surface area contributed by atoms with Gasteiger partial charge in [-0.05, 0) is 63.4 Å². The highest BCUT2D eigenvalue weighted by atomic mass is 35.5. The van der Waals surface area contributed by atoms with E-state index >= 15 is 0 Å². The van der Waals surface area contributed by atoms with Gasteiger partial charge in [0.2, 0.25) is 0 Å². The molecule has 0 bridgehead atoms. The van der Waals surface area contributed by atoms with Gasteiger partial charge in [-0.15, -0.1) is 5.10 Å². The van der Waals surface area contributed by atoms with Gasteiger partial charge in [-0.3, -0.25) is 4.98 Å². The quantitative estimate of drug-likeness (QED) is 0.203. The highest BCUT2D eigenvalue weighted by Gasteiger charge is 2.35. The molecule has 216 valence electrons. The Hall–Kier alpha value is -4.69. The normalized spacial score (nSPS) is 12.9. The predicted molar refractivity (Wildman–Crippen MR) is 166 cm³/mol. The van der Waals surface area contributed by atoms with Crippen LogP contribution in [-0.2, 0) is 12.0 Å². The largest absolute Gasteiger partial charge is 0.497 e. The number of halogens is 2. The number of methoxy groups -OCH3 is 1. The third kappa shape index (κ3) is 6.39. The van der Waals surface area contributed by atoms with Crippen LogP contribution in [0.2, 0.25) is 5.02 Å². The van der Waals surface area contributed by atoms with Crippen LogP contribution in [0.3, 0.4) is 0 Å². The third-order valence-corrected chi connectivity index (χ3v) is 7.15. The van der Waals surface area contributed by atoms with E-state index in [1.807, 2.05) is 30.3 Å². The molecule has 2 aromatic heterocycles. The van der Waals surface area contributed by atoms with Crippen LogP contribution in [0.15, 0.2) is 66.9 Å².